The fourth-order valence-corrected chi connectivity index (χ4v) is 2.37. The summed E-state index contributed by atoms with van der Waals surface area (Å²) in [4.78, 5) is 38.0. The predicted molar refractivity (Wildman–Crippen MR) is 81.6 cm³/mol. The van der Waals surface area contributed by atoms with E-state index in [9.17, 15) is 14.4 Å². The van der Waals surface area contributed by atoms with Gasteiger partial charge in [-0.2, -0.15) is 4.98 Å². The Morgan fingerprint density at radius 1 is 1.50 bits per heavy atom. The number of nitrogens with two attached hydrogens (primary N) is 1. The van der Waals surface area contributed by atoms with Gasteiger partial charge in [-0.15, -0.1) is 6.42 Å². The van der Waals surface area contributed by atoms with E-state index in [1.807, 2.05) is 0 Å². The molecule has 0 aliphatic carbocycles. The molecule has 9 heteroatoms. The number of aromatic nitrogens is 2. The molecule has 24 heavy (non-hydrogen) atoms. The number of hydrogen-bond acceptors (Lipinski definition) is 8. The number of carbonyl (C=O) groups is 2. The van der Waals surface area contributed by atoms with Crippen molar-refractivity contribution in [2.45, 2.75) is 38.7 Å². The molecule has 128 valence electrons. The Hall–Kier alpha value is -2.86. The maximum atomic E-state index is 12.1. The number of hydrogen-bond donors (Lipinski definition) is 1. The van der Waals surface area contributed by atoms with E-state index in [2.05, 4.69) is 10.9 Å². The van der Waals surface area contributed by atoms with Crippen molar-refractivity contribution in [3.05, 3.63) is 22.2 Å². The van der Waals surface area contributed by atoms with E-state index in [1.54, 1.807) is 0 Å². The van der Waals surface area contributed by atoms with Crippen molar-refractivity contribution in [2.24, 2.45) is 0 Å². The van der Waals surface area contributed by atoms with Gasteiger partial charge in [0.25, 0.3) is 0 Å². The highest BCUT2D eigenvalue weighted by atomic mass is 16.6. The predicted octanol–water partition coefficient (Wildman–Crippen LogP) is -0.411. The molecule has 2 rings (SSSR count). The molecule has 3 atom stereocenters. The highest BCUT2D eigenvalue weighted by Gasteiger charge is 2.40. The van der Waals surface area contributed by atoms with Crippen molar-refractivity contribution in [3.8, 4) is 12.3 Å². The van der Waals surface area contributed by atoms with Gasteiger partial charge in [-0.1, -0.05) is 5.92 Å². The number of ether oxygens (including phenoxy) is 3. The highest BCUT2D eigenvalue weighted by molar-refractivity contribution is 5.66. The van der Waals surface area contributed by atoms with Gasteiger partial charge in [0.15, 0.2) is 6.23 Å². The van der Waals surface area contributed by atoms with E-state index in [0.29, 0.717) is 0 Å². The molecular formula is C15H17N3O6. The van der Waals surface area contributed by atoms with E-state index in [-0.39, 0.29) is 24.4 Å². The van der Waals surface area contributed by atoms with Gasteiger partial charge in [-0.25, -0.2) is 4.79 Å². The summed E-state index contributed by atoms with van der Waals surface area (Å²) in [5.74, 6) is 1.24. The van der Waals surface area contributed by atoms with Crippen LogP contribution >= 0.6 is 0 Å². The maximum Gasteiger partial charge on any atom is 0.351 e. The minimum absolute atomic E-state index is 0.0251. The molecule has 2 heterocycles. The molecule has 0 saturated carbocycles. The van der Waals surface area contributed by atoms with Crippen LogP contribution in [0.5, 0.6) is 0 Å². The summed E-state index contributed by atoms with van der Waals surface area (Å²) in [6.07, 6.45) is 4.66. The first kappa shape index (κ1) is 17.5. The molecule has 1 aromatic rings. The van der Waals surface area contributed by atoms with E-state index >= 15 is 0 Å². The summed E-state index contributed by atoms with van der Waals surface area (Å²) in [5.41, 5.74) is 5.09. The lowest BCUT2D eigenvalue weighted by Gasteiger charge is -2.20. The van der Waals surface area contributed by atoms with Crippen LogP contribution in [0.3, 0.4) is 0 Å². The Bertz CT molecular complexity index is 751. The van der Waals surface area contributed by atoms with Crippen molar-refractivity contribution in [2.75, 3.05) is 12.3 Å². The molecule has 1 aliphatic heterocycles. The van der Waals surface area contributed by atoms with Crippen LogP contribution in [0.1, 0.15) is 32.1 Å². The van der Waals surface area contributed by atoms with Crippen molar-refractivity contribution < 1.29 is 23.8 Å². The third-order valence-corrected chi connectivity index (χ3v) is 3.35. The molecular weight excluding hydrogens is 318 g/mol. The van der Waals surface area contributed by atoms with Gasteiger partial charge >= 0.3 is 17.6 Å². The highest BCUT2D eigenvalue weighted by Crippen LogP contribution is 2.31. The Morgan fingerprint density at radius 2 is 2.21 bits per heavy atom. The Morgan fingerprint density at radius 3 is 2.79 bits per heavy atom. The lowest BCUT2D eigenvalue weighted by Crippen LogP contribution is -2.34. The van der Waals surface area contributed by atoms with Gasteiger partial charge in [0.1, 0.15) is 18.5 Å². The first-order valence-electron chi connectivity index (χ1n) is 7.13. The minimum atomic E-state index is -0.942. The average Bonchev–Trinajstić information content (AvgIpc) is 2.87. The molecule has 0 radical (unpaired) electrons. The smallest absolute Gasteiger partial charge is 0.351 e. The molecule has 1 fully saturated rings. The molecule has 0 amide bonds. The van der Waals surface area contributed by atoms with E-state index in [4.69, 9.17) is 26.4 Å². The quantitative estimate of drug-likeness (QED) is 0.582. The fraction of sp³-hybridized carbons (Fsp3) is 0.467. The average molecular weight is 335 g/mol. The summed E-state index contributed by atoms with van der Waals surface area (Å²) >= 11 is 0. The van der Waals surface area contributed by atoms with Crippen LogP contribution in [0.4, 0.5) is 5.82 Å². The van der Waals surface area contributed by atoms with Crippen LogP contribution in [0.2, 0.25) is 0 Å². The second-order valence-electron chi connectivity index (χ2n) is 5.21. The number of anilines is 1. The van der Waals surface area contributed by atoms with Crippen molar-refractivity contribution in [3.63, 3.8) is 0 Å². The molecule has 0 unspecified atom stereocenters. The van der Waals surface area contributed by atoms with Gasteiger partial charge in [0.05, 0.1) is 11.7 Å². The molecule has 1 saturated heterocycles. The molecule has 0 aromatic carbocycles. The van der Waals surface area contributed by atoms with Gasteiger partial charge < -0.3 is 19.9 Å². The molecule has 0 bridgehead atoms. The lowest BCUT2D eigenvalue weighted by atomic mass is 10.2. The Balaban J connectivity index is 2.31. The van der Waals surface area contributed by atoms with Crippen LogP contribution in [-0.2, 0) is 23.8 Å². The van der Waals surface area contributed by atoms with E-state index in [1.165, 1.54) is 20.0 Å². The Kier molecular flexibility index (Phi) is 5.21. The van der Waals surface area contributed by atoms with Gasteiger partial charge in [-0.05, 0) is 0 Å². The first-order valence-corrected chi connectivity index (χ1v) is 7.13. The van der Waals surface area contributed by atoms with Crippen LogP contribution in [0.25, 0.3) is 0 Å². The zero-order chi connectivity index (χ0) is 17.9. The second kappa shape index (κ2) is 7.14. The summed E-state index contributed by atoms with van der Waals surface area (Å²) in [5, 5.41) is 0. The zero-order valence-electron chi connectivity index (χ0n) is 13.2. The number of carbonyl (C=O) groups excluding carboxylic acids is 2. The number of nitrogens with zero attached hydrogens (tertiary/aromatic N) is 2. The molecule has 9 nitrogen and oxygen atoms in total. The van der Waals surface area contributed by atoms with Gasteiger partial charge in [0, 0.05) is 26.5 Å². The minimum Gasteiger partial charge on any atom is -0.463 e. The van der Waals surface area contributed by atoms with E-state index < -0.39 is 36.1 Å². The molecule has 1 aliphatic rings. The summed E-state index contributed by atoms with van der Waals surface area (Å²) in [7, 11) is 0. The van der Waals surface area contributed by atoms with Crippen molar-refractivity contribution in [1.29, 1.82) is 0 Å². The van der Waals surface area contributed by atoms with Gasteiger partial charge in [0.2, 0.25) is 0 Å². The molecule has 1 aromatic heterocycles. The zero-order valence-corrected chi connectivity index (χ0v) is 13.2. The number of esters is 2. The first-order chi connectivity index (χ1) is 11.3. The van der Waals surface area contributed by atoms with Crippen LogP contribution in [0, 0.1) is 12.3 Å². The second-order valence-corrected chi connectivity index (χ2v) is 5.21. The molecule has 0 spiro atoms. The fourth-order valence-electron chi connectivity index (χ4n) is 2.37. The summed E-state index contributed by atoms with van der Waals surface area (Å²) < 4.78 is 16.9. The topological polar surface area (TPSA) is 123 Å². The summed E-state index contributed by atoms with van der Waals surface area (Å²) in [6.45, 7) is 2.49. The lowest BCUT2D eigenvalue weighted by molar-refractivity contribution is -0.153. The standard InChI is InChI=1S/C15H17N3O6/c1-4-10-6-18(15(21)17-13(10)16)14-12(23-9(3)20)5-11(24-14)7-22-8(2)19/h1,6,11-12,14H,5,7H2,2-3H3,(H2,16,17,21)/t11-,12+,14+/m0/s1. The van der Waals surface area contributed by atoms with E-state index in [0.717, 1.165) is 4.57 Å². The van der Waals surface area contributed by atoms with Crippen LogP contribution in [-0.4, -0.2) is 40.3 Å². The molecule has 2 N–H and O–H groups in total. The third kappa shape index (κ3) is 3.91. The van der Waals surface area contributed by atoms with Crippen molar-refractivity contribution in [1.82, 2.24) is 9.55 Å². The SMILES string of the molecule is C#Cc1cn([C@@H]2O[C@H](COC(C)=O)C[C@H]2OC(C)=O)c(=O)nc1N. The number of terminal acetylenes is 1. The summed E-state index contributed by atoms with van der Waals surface area (Å²) in [6, 6.07) is 0. The maximum absolute atomic E-state index is 12.1. The third-order valence-electron chi connectivity index (χ3n) is 3.35. The Labute approximate surface area is 137 Å². The largest absolute Gasteiger partial charge is 0.463 e. The van der Waals surface area contributed by atoms with Gasteiger partial charge in [-0.3, -0.25) is 14.2 Å². The normalized spacial score (nSPS) is 22.6. The van der Waals surface area contributed by atoms with Crippen molar-refractivity contribution >= 4 is 17.8 Å². The number of rotatable bonds is 4. The number of nitrogen functional groups attached to an aromatic ring is 1. The van der Waals surface area contributed by atoms with Crippen LogP contribution in [0.15, 0.2) is 11.0 Å². The van der Waals surface area contributed by atoms with Crippen LogP contribution < -0.4 is 11.4 Å². The monoisotopic (exact) mass is 335 g/mol.